The molecule has 0 unspecified atom stereocenters. The predicted octanol–water partition coefficient (Wildman–Crippen LogP) is 4.01. The van der Waals surface area contributed by atoms with Gasteiger partial charge in [0.2, 0.25) is 10.1 Å². The Morgan fingerprint density at radius 2 is 2.04 bits per heavy atom. The molecule has 0 amide bonds. The SMILES string of the molecule is Cc1ccccc1Nc1nn2c(=O)c3cc(Cl)ccc3nc2s1. The van der Waals surface area contributed by atoms with Crippen LogP contribution in [0.2, 0.25) is 5.02 Å². The standard InChI is InChI=1S/C16H11ClN4OS/c1-9-4-2-3-5-12(9)18-15-20-21-14(22)11-8-10(17)6-7-13(11)19-16(21)23-15/h2-8H,1H3,(H,18,20). The second kappa shape index (κ2) is 5.33. The summed E-state index contributed by atoms with van der Waals surface area (Å²) in [5, 5.41) is 9.15. The number of aromatic nitrogens is 3. The molecular formula is C16H11ClN4OS. The van der Waals surface area contributed by atoms with Gasteiger partial charge in [0.15, 0.2) is 0 Å². The van der Waals surface area contributed by atoms with Crippen molar-refractivity contribution in [1.82, 2.24) is 14.6 Å². The Morgan fingerprint density at radius 3 is 2.87 bits per heavy atom. The van der Waals surface area contributed by atoms with Gasteiger partial charge in [0, 0.05) is 10.7 Å². The first kappa shape index (κ1) is 14.2. The highest BCUT2D eigenvalue weighted by Crippen LogP contribution is 2.25. The minimum absolute atomic E-state index is 0.221. The molecule has 0 fully saturated rings. The summed E-state index contributed by atoms with van der Waals surface area (Å²) >= 11 is 7.30. The van der Waals surface area contributed by atoms with Gasteiger partial charge in [-0.15, -0.1) is 5.10 Å². The average Bonchev–Trinajstić information content (AvgIpc) is 2.93. The van der Waals surface area contributed by atoms with Crippen LogP contribution in [0.3, 0.4) is 0 Å². The molecule has 0 aliphatic rings. The summed E-state index contributed by atoms with van der Waals surface area (Å²) in [5.74, 6) is 0. The maximum atomic E-state index is 12.6. The van der Waals surface area contributed by atoms with Crippen LogP contribution in [0.1, 0.15) is 5.56 Å². The topological polar surface area (TPSA) is 59.3 Å². The zero-order valence-corrected chi connectivity index (χ0v) is 13.6. The summed E-state index contributed by atoms with van der Waals surface area (Å²) in [6, 6.07) is 13.0. The molecule has 0 atom stereocenters. The van der Waals surface area contributed by atoms with Crippen LogP contribution in [-0.4, -0.2) is 14.6 Å². The van der Waals surface area contributed by atoms with Crippen molar-refractivity contribution >= 4 is 49.6 Å². The van der Waals surface area contributed by atoms with Gasteiger partial charge in [-0.3, -0.25) is 4.79 Å². The van der Waals surface area contributed by atoms with Crippen LogP contribution in [0.4, 0.5) is 10.8 Å². The van der Waals surface area contributed by atoms with Gasteiger partial charge in [-0.2, -0.15) is 4.52 Å². The fourth-order valence-electron chi connectivity index (χ4n) is 2.36. The number of para-hydroxylation sites is 1. The number of nitrogens with one attached hydrogen (secondary N) is 1. The van der Waals surface area contributed by atoms with Crippen molar-refractivity contribution in [3.63, 3.8) is 0 Å². The molecule has 2 aromatic heterocycles. The zero-order valence-electron chi connectivity index (χ0n) is 12.1. The maximum absolute atomic E-state index is 12.6. The number of nitrogens with zero attached hydrogens (tertiary/aromatic N) is 3. The Labute approximate surface area is 140 Å². The van der Waals surface area contributed by atoms with E-state index in [4.69, 9.17) is 11.6 Å². The van der Waals surface area contributed by atoms with E-state index >= 15 is 0 Å². The molecule has 2 aromatic carbocycles. The minimum Gasteiger partial charge on any atom is -0.330 e. The lowest BCUT2D eigenvalue weighted by molar-refractivity contribution is 0.919. The molecule has 7 heteroatoms. The Bertz CT molecular complexity index is 1100. The van der Waals surface area contributed by atoms with Gasteiger partial charge in [0.25, 0.3) is 5.56 Å². The van der Waals surface area contributed by atoms with Crippen molar-refractivity contribution in [2.75, 3.05) is 5.32 Å². The number of fused-ring (bicyclic) bond motifs is 2. The van der Waals surface area contributed by atoms with Crippen LogP contribution in [-0.2, 0) is 0 Å². The molecule has 0 spiro atoms. The van der Waals surface area contributed by atoms with E-state index in [1.165, 1.54) is 15.9 Å². The van der Waals surface area contributed by atoms with Crippen molar-refractivity contribution in [1.29, 1.82) is 0 Å². The average molecular weight is 343 g/mol. The van der Waals surface area contributed by atoms with E-state index in [2.05, 4.69) is 15.4 Å². The number of anilines is 2. The third kappa shape index (κ3) is 2.46. The molecule has 0 saturated carbocycles. The van der Waals surface area contributed by atoms with Crippen LogP contribution >= 0.6 is 22.9 Å². The molecular weight excluding hydrogens is 332 g/mol. The number of aryl methyl sites for hydroxylation is 1. The van der Waals surface area contributed by atoms with Crippen LogP contribution in [0.15, 0.2) is 47.3 Å². The third-order valence-corrected chi connectivity index (χ3v) is 4.60. The first-order valence-electron chi connectivity index (χ1n) is 6.93. The lowest BCUT2D eigenvalue weighted by atomic mass is 10.2. The van der Waals surface area contributed by atoms with Crippen molar-refractivity contribution < 1.29 is 0 Å². The van der Waals surface area contributed by atoms with E-state index in [1.54, 1.807) is 18.2 Å². The summed E-state index contributed by atoms with van der Waals surface area (Å²) in [6.07, 6.45) is 0. The smallest absolute Gasteiger partial charge is 0.283 e. The van der Waals surface area contributed by atoms with E-state index in [0.29, 0.717) is 26.0 Å². The minimum atomic E-state index is -0.221. The quantitative estimate of drug-likeness (QED) is 0.598. The normalized spacial score (nSPS) is 11.2. The second-order valence-electron chi connectivity index (χ2n) is 5.12. The predicted molar refractivity (Wildman–Crippen MR) is 94.1 cm³/mol. The van der Waals surface area contributed by atoms with Crippen molar-refractivity contribution in [3.8, 4) is 0 Å². The first-order chi connectivity index (χ1) is 11.1. The van der Waals surface area contributed by atoms with Crippen LogP contribution in [0.25, 0.3) is 15.9 Å². The van der Waals surface area contributed by atoms with E-state index in [0.717, 1.165) is 11.3 Å². The summed E-state index contributed by atoms with van der Waals surface area (Å²) in [4.78, 5) is 17.6. The summed E-state index contributed by atoms with van der Waals surface area (Å²) in [5.41, 5.74) is 2.45. The molecule has 23 heavy (non-hydrogen) atoms. The monoisotopic (exact) mass is 342 g/mol. The van der Waals surface area contributed by atoms with Gasteiger partial charge in [-0.25, -0.2) is 4.98 Å². The molecule has 1 N–H and O–H groups in total. The summed E-state index contributed by atoms with van der Waals surface area (Å²) in [7, 11) is 0. The largest absolute Gasteiger partial charge is 0.330 e. The highest BCUT2D eigenvalue weighted by molar-refractivity contribution is 7.20. The molecule has 5 nitrogen and oxygen atoms in total. The Kier molecular flexibility index (Phi) is 3.28. The molecule has 0 bridgehead atoms. The molecule has 0 aliphatic carbocycles. The van der Waals surface area contributed by atoms with Crippen LogP contribution in [0.5, 0.6) is 0 Å². The van der Waals surface area contributed by atoms with Gasteiger partial charge in [-0.1, -0.05) is 41.1 Å². The van der Waals surface area contributed by atoms with Crippen molar-refractivity contribution in [2.45, 2.75) is 6.92 Å². The van der Waals surface area contributed by atoms with E-state index in [1.807, 2.05) is 31.2 Å². The Balaban J connectivity index is 1.88. The molecule has 4 rings (SSSR count). The van der Waals surface area contributed by atoms with Crippen molar-refractivity contribution in [3.05, 3.63) is 63.4 Å². The highest BCUT2D eigenvalue weighted by Gasteiger charge is 2.11. The lowest BCUT2D eigenvalue weighted by Gasteiger charge is -2.04. The summed E-state index contributed by atoms with van der Waals surface area (Å²) in [6.45, 7) is 2.01. The molecule has 0 aliphatic heterocycles. The lowest BCUT2D eigenvalue weighted by Crippen LogP contribution is -2.15. The van der Waals surface area contributed by atoms with Gasteiger partial charge >= 0.3 is 0 Å². The van der Waals surface area contributed by atoms with Gasteiger partial charge in [0.1, 0.15) is 0 Å². The maximum Gasteiger partial charge on any atom is 0.283 e. The fourth-order valence-corrected chi connectivity index (χ4v) is 3.34. The molecule has 0 saturated heterocycles. The van der Waals surface area contributed by atoms with Crippen LogP contribution in [0, 0.1) is 6.92 Å². The van der Waals surface area contributed by atoms with Crippen molar-refractivity contribution in [2.24, 2.45) is 0 Å². The molecule has 0 radical (unpaired) electrons. The van der Waals surface area contributed by atoms with Gasteiger partial charge in [0.05, 0.1) is 10.9 Å². The number of rotatable bonds is 2. The first-order valence-corrected chi connectivity index (χ1v) is 8.13. The highest BCUT2D eigenvalue weighted by atomic mass is 35.5. The molecule has 2 heterocycles. The zero-order chi connectivity index (χ0) is 16.0. The summed E-state index contributed by atoms with van der Waals surface area (Å²) < 4.78 is 1.31. The second-order valence-corrected chi connectivity index (χ2v) is 6.51. The van der Waals surface area contributed by atoms with E-state index in [9.17, 15) is 4.79 Å². The fraction of sp³-hybridized carbons (Fsp3) is 0.0625. The Hall–Kier alpha value is -2.44. The molecule has 4 aromatic rings. The van der Waals surface area contributed by atoms with E-state index < -0.39 is 0 Å². The molecule has 114 valence electrons. The number of halogens is 1. The van der Waals surface area contributed by atoms with Gasteiger partial charge < -0.3 is 5.32 Å². The number of hydrogen-bond acceptors (Lipinski definition) is 5. The Morgan fingerprint density at radius 1 is 1.22 bits per heavy atom. The number of benzene rings is 2. The van der Waals surface area contributed by atoms with Crippen LogP contribution < -0.4 is 10.9 Å². The third-order valence-electron chi connectivity index (χ3n) is 3.54. The van der Waals surface area contributed by atoms with Gasteiger partial charge in [-0.05, 0) is 36.8 Å². The number of hydrogen-bond donors (Lipinski definition) is 1. The van der Waals surface area contributed by atoms with E-state index in [-0.39, 0.29) is 5.56 Å².